The largest absolute Gasteiger partial charge is 0.391 e. The second-order valence-corrected chi connectivity index (χ2v) is 6.81. The smallest absolute Gasteiger partial charge is 0.255 e. The fourth-order valence-electron chi connectivity index (χ4n) is 3.25. The first-order valence-electron chi connectivity index (χ1n) is 8.35. The van der Waals surface area contributed by atoms with Crippen molar-refractivity contribution >= 4 is 11.6 Å². The molecular formula is C18H26N2O2. The van der Waals surface area contributed by atoms with Crippen LogP contribution in [0.5, 0.6) is 0 Å². The zero-order valence-electron chi connectivity index (χ0n) is 13.6. The van der Waals surface area contributed by atoms with Gasteiger partial charge in [0.1, 0.15) is 0 Å². The van der Waals surface area contributed by atoms with Gasteiger partial charge in [-0.1, -0.05) is 11.6 Å². The third kappa shape index (κ3) is 3.27. The van der Waals surface area contributed by atoms with Gasteiger partial charge < -0.3 is 14.9 Å². The highest BCUT2D eigenvalue weighted by molar-refractivity contribution is 6.00. The van der Waals surface area contributed by atoms with Crippen molar-refractivity contribution in [3.63, 3.8) is 0 Å². The van der Waals surface area contributed by atoms with Crippen LogP contribution in [0, 0.1) is 12.8 Å². The number of amides is 1. The summed E-state index contributed by atoms with van der Waals surface area (Å²) < 4.78 is 0. The SMILES string of the molecule is Cc1ccc(N2CCCC2)c(C(=O)N(C)CC(O)C2CC2)c1. The molecule has 3 rings (SSSR count). The van der Waals surface area contributed by atoms with Crippen LogP contribution in [0.1, 0.15) is 41.6 Å². The number of rotatable bonds is 5. The van der Waals surface area contributed by atoms with Gasteiger partial charge in [-0.05, 0) is 50.7 Å². The van der Waals surface area contributed by atoms with E-state index in [0.717, 1.165) is 42.7 Å². The van der Waals surface area contributed by atoms with Crippen molar-refractivity contribution in [2.45, 2.75) is 38.7 Å². The van der Waals surface area contributed by atoms with E-state index in [9.17, 15) is 9.90 Å². The van der Waals surface area contributed by atoms with E-state index in [4.69, 9.17) is 0 Å². The van der Waals surface area contributed by atoms with Gasteiger partial charge in [0.2, 0.25) is 0 Å². The van der Waals surface area contributed by atoms with E-state index in [1.807, 2.05) is 13.0 Å². The average molecular weight is 302 g/mol. The van der Waals surface area contributed by atoms with E-state index in [-0.39, 0.29) is 12.0 Å². The molecule has 1 atom stereocenters. The normalized spacial score (nSPS) is 19.3. The summed E-state index contributed by atoms with van der Waals surface area (Å²) in [7, 11) is 1.80. The van der Waals surface area contributed by atoms with Crippen LogP contribution < -0.4 is 4.90 Å². The molecule has 0 bridgehead atoms. The van der Waals surface area contributed by atoms with E-state index in [2.05, 4.69) is 17.0 Å². The Morgan fingerprint density at radius 1 is 1.36 bits per heavy atom. The molecule has 0 aromatic heterocycles. The van der Waals surface area contributed by atoms with Crippen LogP contribution in [0.4, 0.5) is 5.69 Å². The van der Waals surface area contributed by atoms with Crippen molar-refractivity contribution < 1.29 is 9.90 Å². The molecule has 1 saturated carbocycles. The van der Waals surface area contributed by atoms with Crippen molar-refractivity contribution in [2.75, 3.05) is 31.6 Å². The van der Waals surface area contributed by atoms with E-state index >= 15 is 0 Å². The molecule has 2 fully saturated rings. The molecule has 0 radical (unpaired) electrons. The lowest BCUT2D eigenvalue weighted by atomic mass is 10.1. The quantitative estimate of drug-likeness (QED) is 0.908. The van der Waals surface area contributed by atoms with Gasteiger partial charge >= 0.3 is 0 Å². The van der Waals surface area contributed by atoms with Gasteiger partial charge in [0.15, 0.2) is 0 Å². The number of benzene rings is 1. The minimum Gasteiger partial charge on any atom is -0.391 e. The van der Waals surface area contributed by atoms with Gasteiger partial charge in [0.25, 0.3) is 5.91 Å². The Labute approximate surface area is 132 Å². The first-order valence-corrected chi connectivity index (χ1v) is 8.35. The fourth-order valence-corrected chi connectivity index (χ4v) is 3.25. The Hall–Kier alpha value is -1.55. The van der Waals surface area contributed by atoms with E-state index in [1.165, 1.54) is 12.8 Å². The molecule has 1 unspecified atom stereocenters. The highest BCUT2D eigenvalue weighted by Gasteiger charge is 2.32. The standard InChI is InChI=1S/C18H26N2O2/c1-13-5-8-16(20-9-3-4-10-20)15(11-13)18(22)19(2)12-17(21)14-6-7-14/h5,8,11,14,17,21H,3-4,6-7,9-10,12H2,1-2H3. The average Bonchev–Trinajstić information content (AvgIpc) is 3.22. The molecule has 1 aromatic carbocycles. The molecule has 1 aliphatic heterocycles. The monoisotopic (exact) mass is 302 g/mol. The Morgan fingerprint density at radius 2 is 2.05 bits per heavy atom. The molecular weight excluding hydrogens is 276 g/mol. The number of aliphatic hydroxyl groups is 1. The van der Waals surface area contributed by atoms with Crippen LogP contribution in [0.15, 0.2) is 18.2 Å². The Kier molecular flexibility index (Phi) is 4.39. The van der Waals surface area contributed by atoms with Gasteiger partial charge in [-0.2, -0.15) is 0 Å². The molecule has 1 N–H and O–H groups in total. The summed E-state index contributed by atoms with van der Waals surface area (Å²) in [4.78, 5) is 16.8. The summed E-state index contributed by atoms with van der Waals surface area (Å²) in [5, 5.41) is 10.1. The number of carbonyl (C=O) groups is 1. The first kappa shape index (κ1) is 15.3. The minimum atomic E-state index is -0.381. The molecule has 4 heteroatoms. The number of anilines is 1. The maximum Gasteiger partial charge on any atom is 0.255 e. The predicted molar refractivity (Wildman–Crippen MR) is 88.3 cm³/mol. The van der Waals surface area contributed by atoms with Crippen molar-refractivity contribution in [1.82, 2.24) is 4.90 Å². The molecule has 4 nitrogen and oxygen atoms in total. The number of nitrogens with zero attached hydrogens (tertiary/aromatic N) is 2. The van der Waals surface area contributed by atoms with Gasteiger partial charge in [-0.15, -0.1) is 0 Å². The summed E-state index contributed by atoms with van der Waals surface area (Å²) in [5.41, 5.74) is 2.91. The maximum atomic E-state index is 12.8. The number of hydrogen-bond acceptors (Lipinski definition) is 3. The lowest BCUT2D eigenvalue weighted by Gasteiger charge is -2.25. The molecule has 22 heavy (non-hydrogen) atoms. The Balaban J connectivity index is 1.79. The van der Waals surface area contributed by atoms with Gasteiger partial charge in [0, 0.05) is 32.4 Å². The van der Waals surface area contributed by atoms with Crippen LogP contribution in [0.2, 0.25) is 0 Å². The zero-order chi connectivity index (χ0) is 15.7. The zero-order valence-corrected chi connectivity index (χ0v) is 13.6. The first-order chi connectivity index (χ1) is 10.6. The number of aryl methyl sites for hydroxylation is 1. The van der Waals surface area contributed by atoms with Crippen molar-refractivity contribution in [3.8, 4) is 0 Å². The molecule has 1 heterocycles. The van der Waals surface area contributed by atoms with E-state index in [0.29, 0.717) is 12.5 Å². The molecule has 2 aliphatic rings. The predicted octanol–water partition coefficient (Wildman–Crippen LogP) is 2.44. The summed E-state index contributed by atoms with van der Waals surface area (Å²) >= 11 is 0. The second-order valence-electron chi connectivity index (χ2n) is 6.81. The number of hydrogen-bond donors (Lipinski definition) is 1. The fraction of sp³-hybridized carbons (Fsp3) is 0.611. The molecule has 120 valence electrons. The van der Waals surface area contributed by atoms with Crippen LogP contribution in [0.25, 0.3) is 0 Å². The van der Waals surface area contributed by atoms with Gasteiger partial charge in [0.05, 0.1) is 11.7 Å². The third-order valence-corrected chi connectivity index (χ3v) is 4.80. The molecule has 1 saturated heterocycles. The second kappa shape index (κ2) is 6.29. The number of likely N-dealkylation sites (N-methyl/N-ethyl adjacent to an activating group) is 1. The van der Waals surface area contributed by atoms with E-state index in [1.54, 1.807) is 11.9 Å². The number of aliphatic hydroxyl groups excluding tert-OH is 1. The molecule has 0 spiro atoms. The van der Waals surface area contributed by atoms with Crippen LogP contribution >= 0.6 is 0 Å². The minimum absolute atomic E-state index is 0.0188. The van der Waals surface area contributed by atoms with Crippen LogP contribution in [-0.4, -0.2) is 48.7 Å². The summed E-state index contributed by atoms with van der Waals surface area (Å²) in [6.07, 6.45) is 4.18. The summed E-state index contributed by atoms with van der Waals surface area (Å²) in [6, 6.07) is 6.12. The van der Waals surface area contributed by atoms with Crippen LogP contribution in [0.3, 0.4) is 0 Å². The Morgan fingerprint density at radius 3 is 2.68 bits per heavy atom. The Bertz CT molecular complexity index is 548. The third-order valence-electron chi connectivity index (χ3n) is 4.80. The molecule has 1 aliphatic carbocycles. The lowest BCUT2D eigenvalue weighted by Crippen LogP contribution is -2.36. The topological polar surface area (TPSA) is 43.8 Å². The maximum absolute atomic E-state index is 12.8. The van der Waals surface area contributed by atoms with Crippen molar-refractivity contribution in [2.24, 2.45) is 5.92 Å². The van der Waals surface area contributed by atoms with Gasteiger partial charge in [-0.3, -0.25) is 4.79 Å². The molecule has 1 amide bonds. The lowest BCUT2D eigenvalue weighted by molar-refractivity contribution is 0.0646. The van der Waals surface area contributed by atoms with Crippen LogP contribution in [-0.2, 0) is 0 Å². The highest BCUT2D eigenvalue weighted by atomic mass is 16.3. The molecule has 1 aromatic rings. The van der Waals surface area contributed by atoms with Crippen molar-refractivity contribution in [1.29, 1.82) is 0 Å². The highest BCUT2D eigenvalue weighted by Crippen LogP contribution is 2.33. The summed E-state index contributed by atoms with van der Waals surface area (Å²) in [6.45, 7) is 4.50. The van der Waals surface area contributed by atoms with Crippen molar-refractivity contribution in [3.05, 3.63) is 29.3 Å². The van der Waals surface area contributed by atoms with E-state index < -0.39 is 0 Å². The van der Waals surface area contributed by atoms with Gasteiger partial charge in [-0.25, -0.2) is 0 Å². The summed E-state index contributed by atoms with van der Waals surface area (Å²) in [5.74, 6) is 0.413. The number of carbonyl (C=O) groups excluding carboxylic acids is 1.